The van der Waals surface area contributed by atoms with Gasteiger partial charge in [-0.15, -0.1) is 11.6 Å². The molecule has 2 amide bonds. The van der Waals surface area contributed by atoms with E-state index in [1.54, 1.807) is 27.2 Å². The van der Waals surface area contributed by atoms with Crippen LogP contribution < -0.4 is 11.1 Å². The lowest BCUT2D eigenvalue weighted by Crippen LogP contribution is -2.40. The third kappa shape index (κ3) is 8.47. The normalized spacial score (nSPS) is 34.4. The average molecular weight is 579 g/mol. The lowest BCUT2D eigenvalue weighted by atomic mass is 9.84. The predicted octanol–water partition coefficient (Wildman–Crippen LogP) is 3.31. The molecule has 7 atom stereocenters. The summed E-state index contributed by atoms with van der Waals surface area (Å²) in [4.78, 5) is 50.4. The smallest absolute Gasteiger partial charge is 0.405 e. The van der Waals surface area contributed by atoms with Gasteiger partial charge in [-0.1, -0.05) is 38.2 Å². The van der Waals surface area contributed by atoms with E-state index in [0.29, 0.717) is 12.0 Å². The van der Waals surface area contributed by atoms with E-state index in [2.05, 4.69) is 5.32 Å². The molecule has 0 aromatic rings. The van der Waals surface area contributed by atoms with Crippen molar-refractivity contribution in [3.05, 3.63) is 58.9 Å². The number of hydrogen-bond donors (Lipinski definition) is 2. The number of amides is 2. The summed E-state index contributed by atoms with van der Waals surface area (Å²) in [5.74, 6) is -2.06. The number of fused-ring (bicyclic) bond motifs is 2. The van der Waals surface area contributed by atoms with Crippen molar-refractivity contribution < 1.29 is 38.1 Å². The van der Waals surface area contributed by atoms with Crippen molar-refractivity contribution in [1.82, 2.24) is 5.32 Å². The van der Waals surface area contributed by atoms with E-state index in [4.69, 9.17) is 36.3 Å². The molecule has 2 aliphatic rings. The fourth-order valence-electron chi connectivity index (χ4n) is 5.00. The molecule has 0 saturated carbocycles. The van der Waals surface area contributed by atoms with Gasteiger partial charge in [0.1, 0.15) is 6.10 Å². The molecule has 2 rings (SSSR count). The third-order valence-corrected chi connectivity index (χ3v) is 7.36. The Hall–Kier alpha value is -3.05. The number of ether oxygens (including phenoxy) is 4. The number of alkyl halides is 1. The summed E-state index contributed by atoms with van der Waals surface area (Å²) < 4.78 is 22.7. The Morgan fingerprint density at radius 1 is 1.02 bits per heavy atom. The summed E-state index contributed by atoms with van der Waals surface area (Å²) in [5, 5.41) is 1.71. The lowest BCUT2D eigenvalue weighted by Gasteiger charge is -2.34. The van der Waals surface area contributed by atoms with E-state index < -0.39 is 53.4 Å². The minimum Gasteiger partial charge on any atom is -0.440 e. The highest BCUT2D eigenvalue weighted by atomic mass is 35.5. The highest BCUT2D eigenvalue weighted by Crippen LogP contribution is 2.30. The first kappa shape index (κ1) is 33.2. The largest absolute Gasteiger partial charge is 0.440 e. The van der Waals surface area contributed by atoms with Gasteiger partial charge >= 0.3 is 6.09 Å². The average Bonchev–Trinajstić information content (AvgIpc) is 2.88. The van der Waals surface area contributed by atoms with E-state index in [1.807, 2.05) is 19.9 Å². The number of nitrogens with two attached hydrogens (primary N) is 1. The second-order valence-corrected chi connectivity index (χ2v) is 10.5. The SMILES string of the molecule is CO[C@H]1[C@@H](OC)C[C@H](C)[C@@H](OC)C2=CC(=O)C=C(NC(=O)/C(C)=C/C=C\C(Cl)[C@@H](OC(N)=O)/C(C)=C/[C@@H]1C)C2=O. The van der Waals surface area contributed by atoms with Crippen LogP contribution in [0.5, 0.6) is 0 Å². The van der Waals surface area contributed by atoms with E-state index in [0.717, 1.165) is 6.08 Å². The molecule has 1 heterocycles. The maximum atomic E-state index is 13.4. The molecule has 3 N–H and O–H groups in total. The lowest BCUT2D eigenvalue weighted by molar-refractivity contribution is -0.120. The summed E-state index contributed by atoms with van der Waals surface area (Å²) >= 11 is 6.58. The zero-order chi connectivity index (χ0) is 30.1. The number of allylic oxidation sites excluding steroid dienone is 5. The second kappa shape index (κ2) is 15.1. The fraction of sp³-hybridized carbons (Fsp3) is 0.517. The zero-order valence-electron chi connectivity index (χ0n) is 23.9. The molecule has 11 heteroatoms. The Balaban J connectivity index is 2.62. The van der Waals surface area contributed by atoms with E-state index >= 15 is 0 Å². The minimum absolute atomic E-state index is 0.140. The molecule has 0 spiro atoms. The summed E-state index contributed by atoms with van der Waals surface area (Å²) in [6.45, 7) is 7.12. The van der Waals surface area contributed by atoms with Crippen molar-refractivity contribution in [2.45, 2.75) is 63.9 Å². The van der Waals surface area contributed by atoms with Crippen molar-refractivity contribution in [2.75, 3.05) is 21.3 Å². The number of halogens is 1. The van der Waals surface area contributed by atoms with Gasteiger partial charge in [0.15, 0.2) is 5.78 Å². The molecule has 1 unspecified atom stereocenters. The van der Waals surface area contributed by atoms with Crippen LogP contribution in [0.15, 0.2) is 58.9 Å². The van der Waals surface area contributed by atoms with Crippen molar-refractivity contribution in [2.24, 2.45) is 17.6 Å². The quantitative estimate of drug-likeness (QED) is 0.294. The number of carbonyl (C=O) groups excluding carboxylic acids is 4. The number of nitrogens with one attached hydrogen (secondary N) is 1. The number of carbonyl (C=O) groups is 4. The molecular weight excluding hydrogens is 540 g/mol. The highest BCUT2D eigenvalue weighted by Gasteiger charge is 2.36. The molecule has 1 aliphatic carbocycles. The van der Waals surface area contributed by atoms with Gasteiger partial charge in [-0.05, 0) is 37.8 Å². The summed E-state index contributed by atoms with van der Waals surface area (Å²) in [7, 11) is 4.58. The van der Waals surface area contributed by atoms with Crippen LogP contribution in [0.1, 0.15) is 34.1 Å². The van der Waals surface area contributed by atoms with Crippen LogP contribution in [0.2, 0.25) is 0 Å². The number of primary amides is 1. The van der Waals surface area contributed by atoms with Crippen LogP contribution in [-0.4, -0.2) is 74.7 Å². The first-order chi connectivity index (χ1) is 18.8. The number of rotatable bonds is 4. The third-order valence-electron chi connectivity index (χ3n) is 6.99. The van der Waals surface area contributed by atoms with Gasteiger partial charge in [-0.25, -0.2) is 4.79 Å². The second-order valence-electron chi connectivity index (χ2n) is 9.99. The molecule has 0 radical (unpaired) electrons. The first-order valence-corrected chi connectivity index (χ1v) is 13.3. The molecular formula is C29H39ClN2O8. The summed E-state index contributed by atoms with van der Waals surface area (Å²) in [6.07, 6.45) is 5.64. The molecule has 0 aromatic heterocycles. The molecule has 10 nitrogen and oxygen atoms in total. The van der Waals surface area contributed by atoms with Gasteiger partial charge < -0.3 is 30.0 Å². The number of hydrogen-bond acceptors (Lipinski definition) is 8. The van der Waals surface area contributed by atoms with Crippen molar-refractivity contribution in [3.63, 3.8) is 0 Å². The molecule has 40 heavy (non-hydrogen) atoms. The maximum absolute atomic E-state index is 13.4. The van der Waals surface area contributed by atoms with Gasteiger partial charge in [0.05, 0.1) is 29.4 Å². The molecule has 220 valence electrons. The molecule has 0 fully saturated rings. The van der Waals surface area contributed by atoms with Crippen LogP contribution in [-0.2, 0) is 33.3 Å². The summed E-state index contributed by atoms with van der Waals surface area (Å²) in [6, 6.07) is 0. The Morgan fingerprint density at radius 2 is 1.70 bits per heavy atom. The Morgan fingerprint density at radius 3 is 2.27 bits per heavy atom. The van der Waals surface area contributed by atoms with Gasteiger partial charge in [-0.3, -0.25) is 14.4 Å². The number of methoxy groups -OCH3 is 3. The Bertz CT molecular complexity index is 1140. The van der Waals surface area contributed by atoms with Crippen LogP contribution in [0.4, 0.5) is 4.79 Å². The van der Waals surface area contributed by atoms with Crippen LogP contribution in [0.3, 0.4) is 0 Å². The minimum atomic E-state index is -0.987. The van der Waals surface area contributed by atoms with E-state index in [9.17, 15) is 19.2 Å². The van der Waals surface area contributed by atoms with Crippen molar-refractivity contribution in [3.8, 4) is 0 Å². The molecule has 0 saturated heterocycles. The number of ketones is 2. The van der Waals surface area contributed by atoms with Gasteiger partial charge in [0.2, 0.25) is 5.78 Å². The van der Waals surface area contributed by atoms with Crippen LogP contribution >= 0.6 is 11.6 Å². The standard InChI is InChI=1S/C29H39ClN2O8/c1-15-9-8-10-21(30)26(40-29(31)36)16(2)11-17(3)27(39-7)23(37-5)12-18(4)25(38-6)20-13-19(33)14-22(24(20)34)32-28(15)35/h8-11,13-14,17-18,21,23,25-27H,12H2,1-7H3,(H2,31,36)(H,32,35)/b10-8-,15-9+,16-11+/t17-,18-,21?,23-,25+,26-,27+/m0/s1. The highest BCUT2D eigenvalue weighted by molar-refractivity contribution is 6.23. The fourth-order valence-corrected chi connectivity index (χ4v) is 5.33. The van der Waals surface area contributed by atoms with Crippen LogP contribution in [0, 0.1) is 11.8 Å². The zero-order valence-corrected chi connectivity index (χ0v) is 24.7. The monoisotopic (exact) mass is 578 g/mol. The number of Topliss-reactive ketones (excluding diaryl/α,β-unsaturated/α-hetero) is 1. The summed E-state index contributed by atoms with van der Waals surface area (Å²) in [5.41, 5.74) is 6.19. The molecule has 1 aliphatic heterocycles. The van der Waals surface area contributed by atoms with Gasteiger partial charge in [0.25, 0.3) is 5.91 Å². The molecule has 0 aromatic carbocycles. The predicted molar refractivity (Wildman–Crippen MR) is 150 cm³/mol. The van der Waals surface area contributed by atoms with Crippen LogP contribution in [0.25, 0.3) is 0 Å². The topological polar surface area (TPSA) is 143 Å². The Kier molecular flexibility index (Phi) is 12.5. The van der Waals surface area contributed by atoms with Crippen molar-refractivity contribution in [1.29, 1.82) is 0 Å². The Labute approximate surface area is 240 Å². The van der Waals surface area contributed by atoms with Crippen molar-refractivity contribution >= 4 is 35.2 Å². The van der Waals surface area contributed by atoms with Gasteiger partial charge in [-0.2, -0.15) is 0 Å². The van der Waals surface area contributed by atoms with Gasteiger partial charge in [0, 0.05) is 44.5 Å². The maximum Gasteiger partial charge on any atom is 0.405 e. The first-order valence-electron chi connectivity index (χ1n) is 12.9. The van der Waals surface area contributed by atoms with E-state index in [-0.39, 0.29) is 28.7 Å². The molecule has 2 bridgehead atoms. The van der Waals surface area contributed by atoms with E-state index in [1.165, 1.54) is 32.3 Å².